The molecule has 6 heteroatoms. The van der Waals surface area contributed by atoms with E-state index in [0.29, 0.717) is 32.9 Å². The van der Waals surface area contributed by atoms with E-state index in [1.165, 1.54) is 12.1 Å². The zero-order valence-electron chi connectivity index (χ0n) is 10.3. The highest BCUT2D eigenvalue weighted by atomic mass is 79.9. The number of nitrogens with two attached hydrogens (primary N) is 1. The number of fused-ring (bicyclic) bond motifs is 1. The van der Waals surface area contributed by atoms with Crippen molar-refractivity contribution in [2.24, 2.45) is 0 Å². The number of halogens is 2. The highest BCUT2D eigenvalue weighted by Gasteiger charge is 2.09. The molecule has 0 aliphatic rings. The minimum atomic E-state index is -0.341. The number of hydrogen-bond donors (Lipinski definition) is 1. The van der Waals surface area contributed by atoms with Gasteiger partial charge >= 0.3 is 0 Å². The first kappa shape index (κ1) is 12.9. The van der Waals surface area contributed by atoms with Crippen molar-refractivity contribution in [2.75, 3.05) is 5.73 Å². The Morgan fingerprint density at radius 3 is 2.90 bits per heavy atom. The smallest absolute Gasteiger partial charge is 0.233 e. The third-order valence-corrected chi connectivity index (χ3v) is 3.36. The lowest BCUT2D eigenvalue weighted by Gasteiger charge is -2.04. The molecule has 0 atom stereocenters. The van der Waals surface area contributed by atoms with E-state index < -0.39 is 0 Å². The van der Waals surface area contributed by atoms with Gasteiger partial charge in [-0.05, 0) is 46.3 Å². The topological polar surface area (TPSA) is 61.3 Å². The largest absolute Gasteiger partial charge is 0.484 e. The molecule has 0 bridgehead atoms. The van der Waals surface area contributed by atoms with Gasteiger partial charge in [0.05, 0.1) is 10.2 Å². The Bertz CT molecular complexity index is 773. The van der Waals surface area contributed by atoms with E-state index in [0.717, 1.165) is 0 Å². The summed E-state index contributed by atoms with van der Waals surface area (Å²) in [5, 5.41) is 0. The molecule has 20 heavy (non-hydrogen) atoms. The monoisotopic (exact) mass is 336 g/mol. The van der Waals surface area contributed by atoms with Gasteiger partial charge in [0.15, 0.2) is 12.2 Å². The van der Waals surface area contributed by atoms with Crippen LogP contribution in [0.3, 0.4) is 0 Å². The Kier molecular flexibility index (Phi) is 3.31. The number of para-hydroxylation sites is 1. The normalized spacial score (nSPS) is 10.9. The number of rotatable bonds is 3. The van der Waals surface area contributed by atoms with Gasteiger partial charge in [0.1, 0.15) is 17.1 Å². The number of benzene rings is 2. The Hall–Kier alpha value is -2.08. The van der Waals surface area contributed by atoms with Crippen molar-refractivity contribution in [3.8, 4) is 5.75 Å². The summed E-state index contributed by atoms with van der Waals surface area (Å²) in [5.41, 5.74) is 7.59. The lowest BCUT2D eigenvalue weighted by atomic mass is 10.3. The van der Waals surface area contributed by atoms with Crippen molar-refractivity contribution in [3.63, 3.8) is 0 Å². The molecule has 0 saturated heterocycles. The van der Waals surface area contributed by atoms with Gasteiger partial charge in [0, 0.05) is 0 Å². The number of ether oxygens (including phenoxy) is 1. The van der Waals surface area contributed by atoms with Crippen LogP contribution in [0.2, 0.25) is 0 Å². The molecule has 0 amide bonds. The van der Waals surface area contributed by atoms with Gasteiger partial charge in [0.25, 0.3) is 0 Å². The molecule has 4 nitrogen and oxygen atoms in total. The Labute approximate surface area is 122 Å². The SMILES string of the molecule is Nc1cccc2oc(COc3ccc(F)c(Br)c3)nc12. The van der Waals surface area contributed by atoms with Crippen LogP contribution in [-0.2, 0) is 6.61 Å². The van der Waals surface area contributed by atoms with E-state index >= 15 is 0 Å². The van der Waals surface area contributed by atoms with Crippen LogP contribution in [0, 0.1) is 5.82 Å². The number of hydrogen-bond acceptors (Lipinski definition) is 4. The first-order chi connectivity index (χ1) is 9.63. The van der Waals surface area contributed by atoms with Gasteiger partial charge in [-0.2, -0.15) is 0 Å². The van der Waals surface area contributed by atoms with Gasteiger partial charge in [0.2, 0.25) is 5.89 Å². The second kappa shape index (κ2) is 5.13. The highest BCUT2D eigenvalue weighted by Crippen LogP contribution is 2.24. The summed E-state index contributed by atoms with van der Waals surface area (Å²) >= 11 is 3.10. The standard InChI is InChI=1S/C14H10BrFN2O2/c15-9-6-8(4-5-10(9)16)19-7-13-18-14-11(17)2-1-3-12(14)20-13/h1-6H,7,17H2. The molecule has 1 heterocycles. The predicted octanol–water partition coefficient (Wildman–Crippen LogP) is 3.89. The molecule has 1 aromatic heterocycles. The molecule has 0 aliphatic carbocycles. The van der Waals surface area contributed by atoms with Crippen molar-refractivity contribution in [1.82, 2.24) is 4.98 Å². The number of anilines is 1. The van der Waals surface area contributed by atoms with E-state index in [1.54, 1.807) is 24.3 Å². The minimum absolute atomic E-state index is 0.145. The van der Waals surface area contributed by atoms with Crippen LogP contribution < -0.4 is 10.5 Å². The number of nitrogens with zero attached hydrogens (tertiary/aromatic N) is 1. The maximum atomic E-state index is 13.1. The molecule has 3 rings (SSSR count). The van der Waals surface area contributed by atoms with Crippen LogP contribution in [0.4, 0.5) is 10.1 Å². The molecule has 0 fully saturated rings. The second-order valence-corrected chi connectivity index (χ2v) is 5.02. The molecule has 102 valence electrons. The van der Waals surface area contributed by atoms with Crippen LogP contribution in [0.15, 0.2) is 45.3 Å². The molecular formula is C14H10BrFN2O2. The molecule has 0 aliphatic heterocycles. The molecule has 2 N–H and O–H groups in total. The van der Waals surface area contributed by atoms with Crippen molar-refractivity contribution < 1.29 is 13.5 Å². The molecule has 3 aromatic rings. The summed E-state index contributed by atoms with van der Waals surface area (Å²) in [7, 11) is 0. The van der Waals surface area contributed by atoms with Gasteiger partial charge in [-0.3, -0.25) is 0 Å². The van der Waals surface area contributed by atoms with E-state index in [1.807, 2.05) is 0 Å². The van der Waals surface area contributed by atoms with E-state index in [4.69, 9.17) is 14.9 Å². The van der Waals surface area contributed by atoms with Gasteiger partial charge in [-0.25, -0.2) is 9.37 Å². The summed E-state index contributed by atoms with van der Waals surface area (Å²) in [6, 6.07) is 9.75. The summed E-state index contributed by atoms with van der Waals surface area (Å²) in [5.74, 6) is 0.596. The summed E-state index contributed by atoms with van der Waals surface area (Å²) in [6.45, 7) is 0.145. The number of aromatic nitrogens is 1. The Balaban J connectivity index is 1.79. The zero-order valence-corrected chi connectivity index (χ0v) is 11.9. The van der Waals surface area contributed by atoms with Crippen LogP contribution in [0.5, 0.6) is 5.75 Å². The van der Waals surface area contributed by atoms with E-state index in [9.17, 15) is 4.39 Å². The van der Waals surface area contributed by atoms with Crippen LogP contribution in [-0.4, -0.2) is 4.98 Å². The second-order valence-electron chi connectivity index (χ2n) is 4.17. The number of nitrogen functional groups attached to an aromatic ring is 1. The molecular weight excluding hydrogens is 327 g/mol. The van der Waals surface area contributed by atoms with Crippen molar-refractivity contribution in [1.29, 1.82) is 0 Å². The van der Waals surface area contributed by atoms with Crippen molar-refractivity contribution >= 4 is 32.7 Å². The van der Waals surface area contributed by atoms with E-state index in [-0.39, 0.29) is 12.4 Å². The molecule has 0 unspecified atom stereocenters. The van der Waals surface area contributed by atoms with Gasteiger partial charge < -0.3 is 14.9 Å². The Morgan fingerprint density at radius 2 is 2.15 bits per heavy atom. The molecule has 2 aromatic carbocycles. The Morgan fingerprint density at radius 1 is 1.30 bits per heavy atom. The van der Waals surface area contributed by atoms with Crippen LogP contribution in [0.25, 0.3) is 11.1 Å². The summed E-state index contributed by atoms with van der Waals surface area (Å²) < 4.78 is 24.5. The lowest BCUT2D eigenvalue weighted by Crippen LogP contribution is -1.96. The maximum absolute atomic E-state index is 13.1. The summed E-state index contributed by atoms with van der Waals surface area (Å²) in [4.78, 5) is 4.26. The zero-order chi connectivity index (χ0) is 14.1. The first-order valence-corrected chi connectivity index (χ1v) is 6.64. The number of oxazole rings is 1. The van der Waals surface area contributed by atoms with Crippen LogP contribution in [0.1, 0.15) is 5.89 Å². The fourth-order valence-corrected chi connectivity index (χ4v) is 2.15. The fraction of sp³-hybridized carbons (Fsp3) is 0.0714. The van der Waals surface area contributed by atoms with Crippen molar-refractivity contribution in [3.05, 3.63) is 52.6 Å². The molecule has 0 spiro atoms. The van der Waals surface area contributed by atoms with E-state index in [2.05, 4.69) is 20.9 Å². The quantitative estimate of drug-likeness (QED) is 0.737. The van der Waals surface area contributed by atoms with Crippen molar-refractivity contribution in [2.45, 2.75) is 6.61 Å². The third kappa shape index (κ3) is 2.46. The van der Waals surface area contributed by atoms with Gasteiger partial charge in [-0.15, -0.1) is 0 Å². The minimum Gasteiger partial charge on any atom is -0.484 e. The molecule has 0 saturated carbocycles. The predicted molar refractivity (Wildman–Crippen MR) is 76.9 cm³/mol. The van der Waals surface area contributed by atoms with Gasteiger partial charge in [-0.1, -0.05) is 6.07 Å². The average molecular weight is 337 g/mol. The summed E-state index contributed by atoms with van der Waals surface area (Å²) in [6.07, 6.45) is 0. The maximum Gasteiger partial charge on any atom is 0.233 e. The third-order valence-electron chi connectivity index (χ3n) is 2.75. The molecule has 0 radical (unpaired) electrons. The van der Waals surface area contributed by atoms with Crippen LogP contribution >= 0.6 is 15.9 Å². The fourth-order valence-electron chi connectivity index (χ4n) is 1.79. The lowest BCUT2D eigenvalue weighted by molar-refractivity contribution is 0.266. The highest BCUT2D eigenvalue weighted by molar-refractivity contribution is 9.10. The first-order valence-electron chi connectivity index (χ1n) is 5.85. The average Bonchev–Trinajstić information content (AvgIpc) is 2.85.